The Hall–Kier alpha value is -1.49. The van der Waals surface area contributed by atoms with Gasteiger partial charge < -0.3 is 0 Å². The van der Waals surface area contributed by atoms with E-state index in [0.717, 1.165) is 0 Å². The minimum Gasteiger partial charge on any atom is -0.267 e. The summed E-state index contributed by atoms with van der Waals surface area (Å²) >= 11 is 3.08. The SMILES string of the molecule is O=c1[nH]nc(-c2cccc(F)c2)cc1Br. The molecule has 0 radical (unpaired) electrons. The molecule has 15 heavy (non-hydrogen) atoms. The highest BCUT2D eigenvalue weighted by Gasteiger charge is 2.03. The first-order valence-electron chi connectivity index (χ1n) is 4.18. The van der Waals surface area contributed by atoms with Gasteiger partial charge in [0.05, 0.1) is 10.2 Å². The van der Waals surface area contributed by atoms with E-state index in [1.807, 2.05) is 0 Å². The lowest BCUT2D eigenvalue weighted by atomic mass is 10.1. The zero-order valence-electron chi connectivity index (χ0n) is 7.50. The summed E-state index contributed by atoms with van der Waals surface area (Å²) in [6.07, 6.45) is 0. The molecular formula is C10H6BrFN2O. The van der Waals surface area contributed by atoms with Gasteiger partial charge in [0.1, 0.15) is 5.82 Å². The second kappa shape index (κ2) is 3.94. The van der Waals surface area contributed by atoms with Crippen molar-refractivity contribution in [3.8, 4) is 11.3 Å². The summed E-state index contributed by atoms with van der Waals surface area (Å²) in [6.45, 7) is 0. The lowest BCUT2D eigenvalue weighted by molar-refractivity contribution is 0.628. The second-order valence-corrected chi connectivity index (χ2v) is 3.79. The van der Waals surface area contributed by atoms with E-state index in [-0.39, 0.29) is 11.4 Å². The van der Waals surface area contributed by atoms with Crippen molar-refractivity contribution >= 4 is 15.9 Å². The highest BCUT2D eigenvalue weighted by Crippen LogP contribution is 2.18. The van der Waals surface area contributed by atoms with Gasteiger partial charge in [-0.15, -0.1) is 0 Å². The molecule has 2 rings (SSSR count). The van der Waals surface area contributed by atoms with Crippen molar-refractivity contribution < 1.29 is 4.39 Å². The van der Waals surface area contributed by atoms with E-state index in [0.29, 0.717) is 15.7 Å². The molecule has 1 aromatic carbocycles. The van der Waals surface area contributed by atoms with Crippen LogP contribution in [-0.2, 0) is 0 Å². The Labute approximate surface area is 93.1 Å². The van der Waals surface area contributed by atoms with E-state index < -0.39 is 0 Å². The second-order valence-electron chi connectivity index (χ2n) is 2.94. The number of rotatable bonds is 1. The largest absolute Gasteiger partial charge is 0.278 e. The Kier molecular flexibility index (Phi) is 2.64. The van der Waals surface area contributed by atoms with Crippen molar-refractivity contribution in [1.29, 1.82) is 0 Å². The topological polar surface area (TPSA) is 45.8 Å². The fraction of sp³-hybridized carbons (Fsp3) is 0. The third kappa shape index (κ3) is 2.12. The maximum atomic E-state index is 12.9. The van der Waals surface area contributed by atoms with Gasteiger partial charge in [0, 0.05) is 5.56 Å². The third-order valence-electron chi connectivity index (χ3n) is 1.88. The van der Waals surface area contributed by atoms with E-state index in [1.54, 1.807) is 18.2 Å². The van der Waals surface area contributed by atoms with Gasteiger partial charge >= 0.3 is 0 Å². The van der Waals surface area contributed by atoms with Crippen LogP contribution >= 0.6 is 15.9 Å². The molecule has 0 saturated carbocycles. The number of aromatic nitrogens is 2. The molecule has 0 aliphatic rings. The van der Waals surface area contributed by atoms with Crippen molar-refractivity contribution in [2.45, 2.75) is 0 Å². The lowest BCUT2D eigenvalue weighted by Gasteiger charge is -2.00. The van der Waals surface area contributed by atoms with E-state index in [9.17, 15) is 9.18 Å². The van der Waals surface area contributed by atoms with Crippen LogP contribution in [0.2, 0.25) is 0 Å². The van der Waals surface area contributed by atoms with Crippen LogP contribution in [0.25, 0.3) is 11.3 Å². The molecule has 0 atom stereocenters. The van der Waals surface area contributed by atoms with E-state index in [1.165, 1.54) is 12.1 Å². The lowest BCUT2D eigenvalue weighted by Crippen LogP contribution is -2.08. The smallest absolute Gasteiger partial charge is 0.267 e. The van der Waals surface area contributed by atoms with Gasteiger partial charge in [0.25, 0.3) is 5.56 Å². The van der Waals surface area contributed by atoms with Crippen molar-refractivity contribution in [3.63, 3.8) is 0 Å². The number of nitrogens with zero attached hydrogens (tertiary/aromatic N) is 1. The fourth-order valence-corrected chi connectivity index (χ4v) is 1.48. The van der Waals surface area contributed by atoms with Gasteiger partial charge in [-0.2, -0.15) is 5.10 Å². The summed E-state index contributed by atoms with van der Waals surface area (Å²) in [4.78, 5) is 11.0. The van der Waals surface area contributed by atoms with Gasteiger partial charge in [-0.1, -0.05) is 12.1 Å². The zero-order valence-corrected chi connectivity index (χ0v) is 9.08. The molecular weight excluding hydrogens is 263 g/mol. The van der Waals surface area contributed by atoms with Crippen LogP contribution in [0.1, 0.15) is 0 Å². The predicted octanol–water partition coefficient (Wildman–Crippen LogP) is 2.34. The van der Waals surface area contributed by atoms with Gasteiger partial charge in [0.15, 0.2) is 0 Å². The monoisotopic (exact) mass is 268 g/mol. The van der Waals surface area contributed by atoms with Crippen LogP contribution in [0.5, 0.6) is 0 Å². The molecule has 0 fully saturated rings. The molecule has 5 heteroatoms. The van der Waals surface area contributed by atoms with Crippen molar-refractivity contribution in [2.75, 3.05) is 0 Å². The maximum absolute atomic E-state index is 12.9. The molecule has 1 heterocycles. The number of halogens is 2. The first kappa shape index (κ1) is 10.0. The van der Waals surface area contributed by atoms with Crippen molar-refractivity contribution in [3.05, 3.63) is 51.0 Å². The number of nitrogens with one attached hydrogen (secondary N) is 1. The minimum absolute atomic E-state index is 0.310. The highest BCUT2D eigenvalue weighted by molar-refractivity contribution is 9.10. The number of aromatic amines is 1. The average Bonchev–Trinajstić information content (AvgIpc) is 2.22. The third-order valence-corrected chi connectivity index (χ3v) is 2.47. The number of hydrogen-bond acceptors (Lipinski definition) is 2. The quantitative estimate of drug-likeness (QED) is 0.863. The standard InChI is InChI=1S/C10H6BrFN2O/c11-8-5-9(13-14-10(8)15)6-2-1-3-7(12)4-6/h1-5H,(H,14,15). The van der Waals surface area contributed by atoms with Gasteiger partial charge in [-0.05, 0) is 34.1 Å². The normalized spacial score (nSPS) is 10.3. The maximum Gasteiger partial charge on any atom is 0.278 e. The van der Waals surface area contributed by atoms with Gasteiger partial charge in [-0.3, -0.25) is 4.79 Å². The summed E-state index contributed by atoms with van der Waals surface area (Å²) in [5.74, 6) is -0.336. The molecule has 3 nitrogen and oxygen atoms in total. The van der Waals surface area contributed by atoms with Gasteiger partial charge in [-0.25, -0.2) is 9.49 Å². The summed E-state index contributed by atoms with van der Waals surface area (Å²) in [5.41, 5.74) is 0.822. The molecule has 1 aromatic heterocycles. The molecule has 0 aliphatic carbocycles. The molecule has 0 amide bonds. The van der Waals surface area contributed by atoms with Crippen LogP contribution in [0.4, 0.5) is 4.39 Å². The Morgan fingerprint density at radius 3 is 2.80 bits per heavy atom. The fourth-order valence-electron chi connectivity index (χ4n) is 1.18. The molecule has 0 spiro atoms. The minimum atomic E-state index is -0.336. The van der Waals surface area contributed by atoms with E-state index in [4.69, 9.17) is 0 Å². The molecule has 0 aliphatic heterocycles. The Morgan fingerprint density at radius 1 is 1.33 bits per heavy atom. The molecule has 0 saturated heterocycles. The first-order chi connectivity index (χ1) is 7.16. The van der Waals surface area contributed by atoms with Crippen LogP contribution < -0.4 is 5.56 Å². The molecule has 76 valence electrons. The average molecular weight is 269 g/mol. The Bertz CT molecular complexity index is 553. The number of H-pyrrole nitrogens is 1. The number of benzene rings is 1. The predicted molar refractivity (Wildman–Crippen MR) is 58.0 cm³/mol. The summed E-state index contributed by atoms with van der Waals surface area (Å²) in [7, 11) is 0. The van der Waals surface area contributed by atoms with Crippen LogP contribution in [0.15, 0.2) is 39.6 Å². The van der Waals surface area contributed by atoms with Crippen LogP contribution in [0, 0.1) is 5.82 Å². The highest BCUT2D eigenvalue weighted by atomic mass is 79.9. The Balaban J connectivity index is 2.55. The van der Waals surface area contributed by atoms with Crippen molar-refractivity contribution in [1.82, 2.24) is 10.2 Å². The van der Waals surface area contributed by atoms with Crippen LogP contribution in [-0.4, -0.2) is 10.2 Å². The summed E-state index contributed by atoms with van der Waals surface area (Å²) < 4.78 is 13.3. The number of hydrogen-bond donors (Lipinski definition) is 1. The molecule has 0 unspecified atom stereocenters. The van der Waals surface area contributed by atoms with Gasteiger partial charge in [0.2, 0.25) is 0 Å². The van der Waals surface area contributed by atoms with Crippen molar-refractivity contribution in [2.24, 2.45) is 0 Å². The first-order valence-corrected chi connectivity index (χ1v) is 4.97. The summed E-state index contributed by atoms with van der Waals surface area (Å²) in [5, 5.41) is 6.13. The van der Waals surface area contributed by atoms with Crippen LogP contribution in [0.3, 0.4) is 0 Å². The molecule has 2 aromatic rings. The Morgan fingerprint density at radius 2 is 2.13 bits per heavy atom. The molecule has 1 N–H and O–H groups in total. The van der Waals surface area contributed by atoms with E-state index >= 15 is 0 Å². The summed E-state index contributed by atoms with van der Waals surface area (Å²) in [6, 6.07) is 7.56. The molecule has 0 bridgehead atoms. The van der Waals surface area contributed by atoms with E-state index in [2.05, 4.69) is 26.1 Å². The zero-order chi connectivity index (χ0) is 10.8.